The van der Waals surface area contributed by atoms with Gasteiger partial charge >= 0.3 is 0 Å². The molecule has 0 aliphatic heterocycles. The topological polar surface area (TPSA) is 26.3 Å². The monoisotopic (exact) mass is 270 g/mol. The SMILES string of the molecule is Cc1sc(C=O)cc1C(O[Si](C)(C)C)C(C)C. The molecule has 1 aromatic heterocycles. The third kappa shape index (κ3) is 4.05. The summed E-state index contributed by atoms with van der Waals surface area (Å²) in [4.78, 5) is 12.8. The van der Waals surface area contributed by atoms with Crippen LogP contribution in [0.15, 0.2) is 6.07 Å². The van der Waals surface area contributed by atoms with Crippen molar-refractivity contribution in [2.24, 2.45) is 5.92 Å². The van der Waals surface area contributed by atoms with Crippen LogP contribution in [0.1, 0.15) is 40.1 Å². The average Bonchev–Trinajstić information content (AvgIpc) is 2.54. The Hall–Kier alpha value is -0.453. The second kappa shape index (κ2) is 5.46. The molecule has 0 radical (unpaired) electrons. The van der Waals surface area contributed by atoms with Crippen LogP contribution in [0.25, 0.3) is 0 Å². The van der Waals surface area contributed by atoms with Gasteiger partial charge in [0.05, 0.1) is 11.0 Å². The van der Waals surface area contributed by atoms with E-state index in [9.17, 15) is 4.79 Å². The third-order valence-electron chi connectivity index (χ3n) is 2.48. The standard InChI is InChI=1S/C13H22O2SSi/c1-9(2)13(15-17(4,5)6)12-7-11(8-14)16-10(12)3/h7-9,13H,1-6H3. The second-order valence-corrected chi connectivity index (χ2v) is 11.4. The van der Waals surface area contributed by atoms with Gasteiger partial charge in [0, 0.05) is 4.88 Å². The van der Waals surface area contributed by atoms with E-state index in [0.717, 1.165) is 11.2 Å². The predicted octanol–water partition coefficient (Wildman–Crippen LogP) is 4.42. The zero-order chi connectivity index (χ0) is 13.2. The molecule has 0 aliphatic rings. The van der Waals surface area contributed by atoms with E-state index in [0.29, 0.717) is 5.92 Å². The molecule has 0 aromatic carbocycles. The lowest BCUT2D eigenvalue weighted by atomic mass is 10.00. The Bertz CT molecular complexity index is 391. The molecule has 0 bridgehead atoms. The molecule has 0 saturated carbocycles. The summed E-state index contributed by atoms with van der Waals surface area (Å²) in [5.74, 6) is 0.425. The summed E-state index contributed by atoms with van der Waals surface area (Å²) in [6.45, 7) is 13.0. The van der Waals surface area contributed by atoms with Crippen LogP contribution in [0, 0.1) is 12.8 Å². The number of hydrogen-bond acceptors (Lipinski definition) is 3. The van der Waals surface area contributed by atoms with Crippen molar-refractivity contribution in [3.63, 3.8) is 0 Å². The fraction of sp³-hybridized carbons (Fsp3) is 0.615. The van der Waals surface area contributed by atoms with Crippen molar-refractivity contribution in [1.82, 2.24) is 0 Å². The van der Waals surface area contributed by atoms with Crippen LogP contribution < -0.4 is 0 Å². The normalized spacial score (nSPS) is 14.1. The molecular formula is C13H22O2SSi. The Labute approximate surface area is 109 Å². The molecule has 0 aliphatic carbocycles. The number of aryl methyl sites for hydroxylation is 1. The minimum atomic E-state index is -1.57. The molecule has 0 N–H and O–H groups in total. The Kier molecular flexibility index (Phi) is 4.69. The quantitative estimate of drug-likeness (QED) is 0.585. The minimum absolute atomic E-state index is 0.117. The van der Waals surface area contributed by atoms with E-state index in [1.165, 1.54) is 10.4 Å². The molecule has 96 valence electrons. The molecule has 0 spiro atoms. The number of rotatable bonds is 5. The van der Waals surface area contributed by atoms with E-state index in [-0.39, 0.29) is 6.10 Å². The molecular weight excluding hydrogens is 248 g/mol. The molecule has 1 unspecified atom stereocenters. The summed E-state index contributed by atoms with van der Waals surface area (Å²) in [5.41, 5.74) is 1.19. The summed E-state index contributed by atoms with van der Waals surface area (Å²) in [6.07, 6.45) is 1.04. The van der Waals surface area contributed by atoms with E-state index >= 15 is 0 Å². The smallest absolute Gasteiger partial charge is 0.184 e. The van der Waals surface area contributed by atoms with Crippen LogP contribution in [0.2, 0.25) is 19.6 Å². The van der Waals surface area contributed by atoms with E-state index < -0.39 is 8.32 Å². The highest BCUT2D eigenvalue weighted by Crippen LogP contribution is 2.35. The van der Waals surface area contributed by atoms with Gasteiger partial charge < -0.3 is 4.43 Å². The van der Waals surface area contributed by atoms with Gasteiger partial charge in [0.1, 0.15) is 0 Å². The van der Waals surface area contributed by atoms with Crippen LogP contribution in [0.4, 0.5) is 0 Å². The molecule has 0 fully saturated rings. The van der Waals surface area contributed by atoms with Crippen molar-refractivity contribution in [3.05, 3.63) is 21.4 Å². The fourth-order valence-electron chi connectivity index (χ4n) is 1.80. The second-order valence-electron chi connectivity index (χ2n) is 5.67. The highest BCUT2D eigenvalue weighted by molar-refractivity contribution is 7.13. The van der Waals surface area contributed by atoms with Gasteiger partial charge in [-0.1, -0.05) is 13.8 Å². The summed E-state index contributed by atoms with van der Waals surface area (Å²) in [5, 5.41) is 0. The Morgan fingerprint density at radius 2 is 1.94 bits per heavy atom. The van der Waals surface area contributed by atoms with E-state index in [1.807, 2.05) is 6.07 Å². The largest absolute Gasteiger partial charge is 0.410 e. The van der Waals surface area contributed by atoms with Crippen molar-refractivity contribution in [3.8, 4) is 0 Å². The molecule has 17 heavy (non-hydrogen) atoms. The molecule has 0 saturated heterocycles. The van der Waals surface area contributed by atoms with Crippen LogP contribution in [0.5, 0.6) is 0 Å². The van der Waals surface area contributed by atoms with Gasteiger partial charge in [0.2, 0.25) is 0 Å². The summed E-state index contributed by atoms with van der Waals surface area (Å²) < 4.78 is 6.25. The van der Waals surface area contributed by atoms with Crippen LogP contribution in [-0.4, -0.2) is 14.6 Å². The highest BCUT2D eigenvalue weighted by Gasteiger charge is 2.27. The molecule has 4 heteroatoms. The summed E-state index contributed by atoms with van der Waals surface area (Å²) in [7, 11) is -1.57. The van der Waals surface area contributed by atoms with Gasteiger partial charge in [-0.05, 0) is 44.1 Å². The summed E-state index contributed by atoms with van der Waals surface area (Å²) >= 11 is 1.55. The number of carbonyl (C=O) groups excluding carboxylic acids is 1. The Balaban J connectivity index is 3.05. The molecule has 1 rings (SSSR count). The maximum Gasteiger partial charge on any atom is 0.184 e. The van der Waals surface area contributed by atoms with Crippen LogP contribution in [0.3, 0.4) is 0 Å². The molecule has 1 heterocycles. The lowest BCUT2D eigenvalue weighted by Crippen LogP contribution is -2.30. The van der Waals surface area contributed by atoms with Gasteiger partial charge in [-0.2, -0.15) is 0 Å². The number of thiophene rings is 1. The van der Waals surface area contributed by atoms with Crippen molar-refractivity contribution in [2.75, 3.05) is 0 Å². The third-order valence-corrected chi connectivity index (χ3v) is 4.44. The van der Waals surface area contributed by atoms with Crippen LogP contribution in [-0.2, 0) is 4.43 Å². The van der Waals surface area contributed by atoms with Crippen LogP contribution >= 0.6 is 11.3 Å². The molecule has 0 amide bonds. The lowest BCUT2D eigenvalue weighted by molar-refractivity contribution is 0.112. The van der Waals surface area contributed by atoms with Gasteiger partial charge in [0.25, 0.3) is 0 Å². The zero-order valence-corrected chi connectivity index (χ0v) is 13.4. The van der Waals surface area contributed by atoms with Gasteiger partial charge in [-0.15, -0.1) is 11.3 Å². The average molecular weight is 270 g/mol. The van der Waals surface area contributed by atoms with E-state index in [4.69, 9.17) is 4.43 Å². The first-order valence-corrected chi connectivity index (χ1v) is 10.2. The van der Waals surface area contributed by atoms with Crippen molar-refractivity contribution in [2.45, 2.75) is 46.5 Å². The Morgan fingerprint density at radius 3 is 2.29 bits per heavy atom. The molecule has 1 aromatic rings. The molecule has 1 atom stereocenters. The van der Waals surface area contributed by atoms with Crippen molar-refractivity contribution in [1.29, 1.82) is 0 Å². The van der Waals surface area contributed by atoms with Gasteiger partial charge in [-0.25, -0.2) is 0 Å². The molecule has 2 nitrogen and oxygen atoms in total. The van der Waals surface area contributed by atoms with E-state index in [1.54, 1.807) is 11.3 Å². The fourth-order valence-corrected chi connectivity index (χ4v) is 3.84. The Morgan fingerprint density at radius 1 is 1.35 bits per heavy atom. The highest BCUT2D eigenvalue weighted by atomic mass is 32.1. The zero-order valence-electron chi connectivity index (χ0n) is 11.5. The van der Waals surface area contributed by atoms with Gasteiger partial charge in [0.15, 0.2) is 14.6 Å². The first-order chi connectivity index (χ1) is 7.74. The van der Waals surface area contributed by atoms with E-state index in [2.05, 4.69) is 40.4 Å². The maximum absolute atomic E-state index is 10.8. The lowest BCUT2D eigenvalue weighted by Gasteiger charge is -2.29. The first-order valence-electron chi connectivity index (χ1n) is 5.98. The summed E-state index contributed by atoms with van der Waals surface area (Å²) in [6, 6.07) is 1.98. The van der Waals surface area contributed by atoms with Gasteiger partial charge in [-0.3, -0.25) is 4.79 Å². The maximum atomic E-state index is 10.8. The minimum Gasteiger partial charge on any atom is -0.410 e. The predicted molar refractivity (Wildman–Crippen MR) is 76.5 cm³/mol. The van der Waals surface area contributed by atoms with Crippen molar-refractivity contribution >= 4 is 25.9 Å². The van der Waals surface area contributed by atoms with Crippen molar-refractivity contribution < 1.29 is 9.22 Å². The number of carbonyl (C=O) groups is 1. The number of aldehydes is 1. The first kappa shape index (κ1) is 14.6. The number of hydrogen-bond donors (Lipinski definition) is 0.